The quantitative estimate of drug-likeness (QED) is 0.581. The Kier molecular flexibility index (Phi) is 4.53. The molecule has 0 aliphatic rings. The summed E-state index contributed by atoms with van der Waals surface area (Å²) in [6, 6.07) is 4.96. The Hall–Kier alpha value is -1.70. The van der Waals surface area contributed by atoms with Gasteiger partial charge in [-0.05, 0) is 46.6 Å². The molecule has 8 heteroatoms. The van der Waals surface area contributed by atoms with Crippen LogP contribution >= 0.6 is 27.5 Å². The summed E-state index contributed by atoms with van der Waals surface area (Å²) >= 11 is 9.27. The van der Waals surface area contributed by atoms with Crippen LogP contribution < -0.4 is 16.6 Å². The highest BCUT2D eigenvalue weighted by Gasteiger charge is 2.15. The van der Waals surface area contributed by atoms with E-state index >= 15 is 0 Å². The number of hydrogen-bond acceptors (Lipinski definition) is 5. The van der Waals surface area contributed by atoms with E-state index in [1.54, 1.807) is 18.3 Å². The standard InChI is InChI=1S/C12H11BrClN5O/c1-6-4-7(13)5-16-11(6)18-12(20)10-8(14)2-3-9(17-10)19-15/h2-5H,15H2,1H3,(H,17,19)(H,16,18,20). The molecule has 0 saturated heterocycles. The second-order valence-corrected chi connectivity index (χ2v) is 5.27. The fourth-order valence-corrected chi connectivity index (χ4v) is 2.16. The molecule has 4 N–H and O–H groups in total. The highest BCUT2D eigenvalue weighted by molar-refractivity contribution is 9.10. The third-order valence-corrected chi connectivity index (χ3v) is 3.22. The smallest absolute Gasteiger partial charge is 0.277 e. The Balaban J connectivity index is 2.28. The molecule has 2 aromatic heterocycles. The molecule has 0 bridgehead atoms. The number of nitrogen functional groups attached to an aromatic ring is 1. The predicted molar refractivity (Wildman–Crippen MR) is 81.7 cm³/mol. The zero-order valence-electron chi connectivity index (χ0n) is 10.4. The molecule has 0 aliphatic carbocycles. The Morgan fingerprint density at radius 1 is 1.45 bits per heavy atom. The lowest BCUT2D eigenvalue weighted by Crippen LogP contribution is -2.18. The first-order chi connectivity index (χ1) is 9.51. The monoisotopic (exact) mass is 355 g/mol. The number of nitrogens with two attached hydrogens (primary N) is 1. The third-order valence-electron chi connectivity index (χ3n) is 2.49. The maximum Gasteiger partial charge on any atom is 0.277 e. The van der Waals surface area contributed by atoms with Crippen LogP contribution in [0.2, 0.25) is 5.02 Å². The number of anilines is 2. The molecule has 0 radical (unpaired) electrons. The van der Waals surface area contributed by atoms with Crippen molar-refractivity contribution in [2.24, 2.45) is 5.84 Å². The summed E-state index contributed by atoms with van der Waals surface area (Å²) in [6.07, 6.45) is 1.59. The second kappa shape index (κ2) is 6.17. The Bertz CT molecular complexity index is 664. The minimum atomic E-state index is -0.454. The summed E-state index contributed by atoms with van der Waals surface area (Å²) in [4.78, 5) is 20.3. The first-order valence-electron chi connectivity index (χ1n) is 5.58. The summed E-state index contributed by atoms with van der Waals surface area (Å²) in [6.45, 7) is 1.83. The van der Waals surface area contributed by atoms with E-state index in [9.17, 15) is 4.79 Å². The van der Waals surface area contributed by atoms with Crippen molar-refractivity contribution in [1.82, 2.24) is 9.97 Å². The van der Waals surface area contributed by atoms with Crippen molar-refractivity contribution < 1.29 is 4.79 Å². The molecule has 20 heavy (non-hydrogen) atoms. The van der Waals surface area contributed by atoms with E-state index in [0.717, 1.165) is 10.0 Å². The van der Waals surface area contributed by atoms with Crippen LogP contribution in [-0.2, 0) is 0 Å². The number of hydrazine groups is 1. The lowest BCUT2D eigenvalue weighted by Gasteiger charge is -2.09. The Morgan fingerprint density at radius 2 is 2.20 bits per heavy atom. The predicted octanol–water partition coefficient (Wildman–Crippen LogP) is 2.74. The van der Waals surface area contributed by atoms with Crippen LogP contribution in [0.5, 0.6) is 0 Å². The van der Waals surface area contributed by atoms with Gasteiger partial charge in [0.25, 0.3) is 5.91 Å². The number of carbonyl (C=O) groups excluding carboxylic acids is 1. The number of carbonyl (C=O) groups is 1. The van der Waals surface area contributed by atoms with Gasteiger partial charge in [0.05, 0.1) is 5.02 Å². The number of nitrogens with one attached hydrogen (secondary N) is 2. The molecule has 0 atom stereocenters. The van der Waals surface area contributed by atoms with E-state index in [1.807, 2.05) is 13.0 Å². The average Bonchev–Trinajstić information content (AvgIpc) is 2.42. The molecule has 2 aromatic rings. The van der Waals surface area contributed by atoms with Gasteiger partial charge in [0, 0.05) is 10.7 Å². The van der Waals surface area contributed by atoms with Gasteiger partial charge in [-0.3, -0.25) is 4.79 Å². The van der Waals surface area contributed by atoms with E-state index in [-0.39, 0.29) is 10.7 Å². The highest BCUT2D eigenvalue weighted by Crippen LogP contribution is 2.20. The molecule has 2 heterocycles. The van der Waals surface area contributed by atoms with E-state index in [4.69, 9.17) is 17.4 Å². The largest absolute Gasteiger partial charge is 0.308 e. The Morgan fingerprint density at radius 3 is 2.85 bits per heavy atom. The molecular weight excluding hydrogens is 346 g/mol. The zero-order chi connectivity index (χ0) is 14.7. The van der Waals surface area contributed by atoms with Crippen molar-refractivity contribution in [3.05, 3.63) is 45.1 Å². The van der Waals surface area contributed by atoms with Crippen LogP contribution in [0.1, 0.15) is 16.1 Å². The maximum absolute atomic E-state index is 12.2. The number of halogens is 2. The van der Waals surface area contributed by atoms with E-state index in [2.05, 4.69) is 36.6 Å². The molecule has 1 amide bonds. The normalized spacial score (nSPS) is 10.2. The number of pyridine rings is 2. The van der Waals surface area contributed by atoms with Crippen molar-refractivity contribution >= 4 is 45.1 Å². The summed E-state index contributed by atoms with van der Waals surface area (Å²) in [5.41, 5.74) is 3.25. The van der Waals surface area contributed by atoms with E-state index < -0.39 is 5.91 Å². The van der Waals surface area contributed by atoms with Crippen molar-refractivity contribution in [3.63, 3.8) is 0 Å². The lowest BCUT2D eigenvalue weighted by atomic mass is 10.2. The first-order valence-corrected chi connectivity index (χ1v) is 6.75. The van der Waals surface area contributed by atoms with Gasteiger partial charge < -0.3 is 10.7 Å². The third kappa shape index (κ3) is 3.24. The number of nitrogens with zero attached hydrogens (tertiary/aromatic N) is 2. The number of aromatic nitrogens is 2. The fraction of sp³-hybridized carbons (Fsp3) is 0.0833. The minimum absolute atomic E-state index is 0.0752. The summed E-state index contributed by atoms with van der Waals surface area (Å²) in [5.74, 6) is 5.60. The van der Waals surface area contributed by atoms with Crippen LogP contribution in [0.4, 0.5) is 11.6 Å². The number of amides is 1. The second-order valence-electron chi connectivity index (χ2n) is 3.94. The number of hydrogen-bond donors (Lipinski definition) is 3. The Labute approximate surface area is 128 Å². The zero-order valence-corrected chi connectivity index (χ0v) is 12.8. The average molecular weight is 357 g/mol. The highest BCUT2D eigenvalue weighted by atomic mass is 79.9. The summed E-state index contributed by atoms with van der Waals surface area (Å²) < 4.78 is 0.832. The van der Waals surface area contributed by atoms with Crippen molar-refractivity contribution in [2.75, 3.05) is 10.7 Å². The van der Waals surface area contributed by atoms with E-state index in [1.165, 1.54) is 0 Å². The summed E-state index contributed by atoms with van der Waals surface area (Å²) in [7, 11) is 0. The molecule has 0 aromatic carbocycles. The molecule has 0 fully saturated rings. The summed E-state index contributed by atoms with van der Waals surface area (Å²) in [5, 5.41) is 2.89. The number of rotatable bonds is 3. The molecule has 0 unspecified atom stereocenters. The van der Waals surface area contributed by atoms with Crippen molar-refractivity contribution in [1.29, 1.82) is 0 Å². The van der Waals surface area contributed by atoms with Gasteiger partial charge in [-0.25, -0.2) is 15.8 Å². The van der Waals surface area contributed by atoms with Crippen LogP contribution in [0.25, 0.3) is 0 Å². The van der Waals surface area contributed by atoms with Crippen LogP contribution in [0.15, 0.2) is 28.9 Å². The molecule has 0 spiro atoms. The topological polar surface area (TPSA) is 92.9 Å². The van der Waals surface area contributed by atoms with Crippen molar-refractivity contribution in [3.8, 4) is 0 Å². The molecule has 2 rings (SSSR count). The first kappa shape index (κ1) is 14.7. The molecule has 104 valence electrons. The number of aryl methyl sites for hydroxylation is 1. The van der Waals surface area contributed by atoms with Gasteiger partial charge in [0.1, 0.15) is 17.3 Å². The molecule has 6 nitrogen and oxygen atoms in total. The van der Waals surface area contributed by atoms with E-state index in [0.29, 0.717) is 11.6 Å². The minimum Gasteiger partial charge on any atom is -0.308 e. The maximum atomic E-state index is 12.2. The van der Waals surface area contributed by atoms with Gasteiger partial charge in [0.2, 0.25) is 0 Å². The fourth-order valence-electron chi connectivity index (χ4n) is 1.52. The van der Waals surface area contributed by atoms with Gasteiger partial charge >= 0.3 is 0 Å². The van der Waals surface area contributed by atoms with Gasteiger partial charge in [-0.2, -0.15) is 0 Å². The van der Waals surface area contributed by atoms with Gasteiger partial charge in [0.15, 0.2) is 0 Å². The SMILES string of the molecule is Cc1cc(Br)cnc1NC(=O)c1nc(NN)ccc1Cl. The van der Waals surface area contributed by atoms with Crippen molar-refractivity contribution in [2.45, 2.75) is 6.92 Å². The lowest BCUT2D eigenvalue weighted by molar-refractivity contribution is 0.102. The molecular formula is C12H11BrClN5O. The van der Waals surface area contributed by atoms with Gasteiger partial charge in [-0.1, -0.05) is 11.6 Å². The van der Waals surface area contributed by atoms with Gasteiger partial charge in [-0.15, -0.1) is 0 Å². The molecule has 0 saturated carbocycles. The molecule has 0 aliphatic heterocycles. The van der Waals surface area contributed by atoms with Crippen LogP contribution in [0, 0.1) is 6.92 Å². The van der Waals surface area contributed by atoms with Crippen LogP contribution in [0.3, 0.4) is 0 Å². The van der Waals surface area contributed by atoms with Crippen LogP contribution in [-0.4, -0.2) is 15.9 Å².